The number of alkyl halides is 8. The summed E-state index contributed by atoms with van der Waals surface area (Å²) in [5.74, 6) is -1.69. The third-order valence-corrected chi connectivity index (χ3v) is 14.9. The van der Waals surface area contributed by atoms with E-state index in [2.05, 4.69) is 11.3 Å². The van der Waals surface area contributed by atoms with Crippen LogP contribution in [0.4, 0.5) is 35.1 Å². The second-order valence-electron chi connectivity index (χ2n) is 12.0. The van der Waals surface area contributed by atoms with Crippen LogP contribution in [0, 0.1) is 0 Å². The van der Waals surface area contributed by atoms with Crippen LogP contribution in [0.5, 0.6) is 0 Å². The molecule has 1 N–H and O–H groups in total. The Labute approximate surface area is 318 Å². The number of esters is 1. The number of rotatable bonds is 16. The first-order chi connectivity index (χ1) is 25.9. The second kappa shape index (κ2) is 16.6. The number of carbonyl (C=O) groups excluding carboxylic acids is 1. The number of carbonyl (C=O) groups is 1. The number of halogens is 8. The zero-order valence-electron chi connectivity index (χ0n) is 28.8. The van der Waals surface area contributed by atoms with E-state index in [1.54, 1.807) is 18.2 Å². The minimum Gasteiger partial charge on any atom is -0.459 e. The van der Waals surface area contributed by atoms with Gasteiger partial charge in [-0.05, 0) is 77.9 Å². The smallest absolute Gasteiger partial charge is 0.426 e. The van der Waals surface area contributed by atoms with Gasteiger partial charge in [0.05, 0.1) is 22.0 Å². The first kappa shape index (κ1) is 44.4. The Hall–Kier alpha value is -4.34. The summed E-state index contributed by atoms with van der Waals surface area (Å²) in [5.41, 5.74) is -6.17. The highest BCUT2D eigenvalue weighted by Crippen LogP contribution is 2.70. The van der Waals surface area contributed by atoms with Gasteiger partial charge in [0.1, 0.15) is 12.7 Å². The largest absolute Gasteiger partial charge is 0.459 e. The van der Waals surface area contributed by atoms with Crippen LogP contribution in [0.3, 0.4) is 0 Å². The van der Waals surface area contributed by atoms with Crippen molar-refractivity contribution in [1.82, 2.24) is 0 Å². The van der Waals surface area contributed by atoms with Crippen LogP contribution >= 0.6 is 10.3 Å². The van der Waals surface area contributed by atoms with E-state index in [0.29, 0.717) is 6.92 Å². The molecule has 0 saturated heterocycles. The molecule has 0 aliphatic heterocycles. The lowest BCUT2D eigenvalue weighted by Gasteiger charge is -2.40. The van der Waals surface area contributed by atoms with Crippen molar-refractivity contribution >= 4 is 36.2 Å². The summed E-state index contributed by atoms with van der Waals surface area (Å²) in [6, 6.07) is 26.9. The van der Waals surface area contributed by atoms with E-state index in [-0.39, 0.29) is 24.5 Å². The van der Waals surface area contributed by atoms with Crippen molar-refractivity contribution in [2.45, 2.75) is 67.1 Å². The maximum absolute atomic E-state index is 15.7. The monoisotopic (exact) mass is 856 g/mol. The van der Waals surface area contributed by atoms with Crippen molar-refractivity contribution in [3.05, 3.63) is 127 Å². The summed E-state index contributed by atoms with van der Waals surface area (Å²) < 4.78 is 178. The third-order valence-electron chi connectivity index (χ3n) is 7.89. The molecular formula is C36H32F8O9S3. The molecule has 304 valence electrons. The van der Waals surface area contributed by atoms with E-state index in [9.17, 15) is 53.1 Å². The van der Waals surface area contributed by atoms with E-state index in [4.69, 9.17) is 8.37 Å². The predicted molar refractivity (Wildman–Crippen MR) is 186 cm³/mol. The van der Waals surface area contributed by atoms with Gasteiger partial charge in [0.2, 0.25) is 9.84 Å². The quantitative estimate of drug-likeness (QED) is 0.0670. The van der Waals surface area contributed by atoms with Gasteiger partial charge in [-0.15, -0.1) is 0 Å². The molecule has 1 atom stereocenters. The van der Waals surface area contributed by atoms with Crippen molar-refractivity contribution in [3.63, 3.8) is 0 Å². The number of benzene rings is 4. The SMILES string of the molecule is C=C(COCC(F)(F)S(=O)(=O)OS(c1ccccc1)(c1ccccc1)c1ccc(S(=O)(=O)c2ccccc2)cc1)C(=O)OC(C)CC(O)(C(F)(F)F)C(F)(F)F. The van der Waals surface area contributed by atoms with Crippen LogP contribution in [-0.2, 0) is 37.9 Å². The first-order valence-electron chi connectivity index (χ1n) is 15.9. The van der Waals surface area contributed by atoms with Gasteiger partial charge in [0, 0.05) is 21.1 Å². The van der Waals surface area contributed by atoms with Gasteiger partial charge in [0.25, 0.3) is 5.60 Å². The zero-order valence-corrected chi connectivity index (χ0v) is 31.3. The first-order valence-corrected chi connectivity index (χ1v) is 20.3. The van der Waals surface area contributed by atoms with Crippen LogP contribution in [0.15, 0.2) is 152 Å². The maximum atomic E-state index is 15.7. The van der Waals surface area contributed by atoms with Crippen LogP contribution in [-0.4, -0.2) is 70.4 Å². The molecule has 20 heteroatoms. The van der Waals surface area contributed by atoms with Gasteiger partial charge in [-0.2, -0.15) is 43.5 Å². The van der Waals surface area contributed by atoms with Crippen molar-refractivity contribution in [1.29, 1.82) is 0 Å². The van der Waals surface area contributed by atoms with Gasteiger partial charge in [-0.25, -0.2) is 16.8 Å². The molecule has 0 amide bonds. The number of aliphatic hydroxyl groups is 1. The molecule has 9 nitrogen and oxygen atoms in total. The Bertz CT molecular complexity index is 2150. The lowest BCUT2D eigenvalue weighted by Crippen LogP contribution is -2.58. The summed E-state index contributed by atoms with van der Waals surface area (Å²) in [7, 11) is -13.8. The van der Waals surface area contributed by atoms with Gasteiger partial charge in [0.15, 0.2) is 0 Å². The van der Waals surface area contributed by atoms with E-state index in [1.165, 1.54) is 97.1 Å². The van der Waals surface area contributed by atoms with Crippen LogP contribution in [0.2, 0.25) is 0 Å². The average Bonchev–Trinajstić information content (AvgIpc) is 3.13. The summed E-state index contributed by atoms with van der Waals surface area (Å²) >= 11 is 0. The fourth-order valence-corrected chi connectivity index (χ4v) is 11.4. The molecule has 0 fully saturated rings. The van der Waals surface area contributed by atoms with E-state index < -0.39 is 90.8 Å². The second-order valence-corrected chi connectivity index (χ2v) is 18.5. The molecule has 4 aromatic rings. The Kier molecular flexibility index (Phi) is 13.2. The molecule has 4 aromatic carbocycles. The number of ether oxygens (including phenoxy) is 2. The predicted octanol–water partition coefficient (Wildman–Crippen LogP) is 8.41. The molecule has 0 bridgehead atoms. The molecule has 0 aromatic heterocycles. The van der Waals surface area contributed by atoms with Crippen molar-refractivity contribution in [2.24, 2.45) is 0 Å². The minimum atomic E-state index is -6.21. The topological polar surface area (TPSA) is 133 Å². The average molecular weight is 857 g/mol. The number of hydrogen-bond donors (Lipinski definition) is 1. The highest BCUT2D eigenvalue weighted by Gasteiger charge is 2.70. The molecule has 0 saturated carbocycles. The van der Waals surface area contributed by atoms with Gasteiger partial charge in [-0.3, -0.25) is 0 Å². The van der Waals surface area contributed by atoms with Gasteiger partial charge >= 0.3 is 33.7 Å². The van der Waals surface area contributed by atoms with Crippen molar-refractivity contribution in [2.75, 3.05) is 13.2 Å². The summed E-state index contributed by atoms with van der Waals surface area (Å²) in [6.07, 6.45) is -16.8. The third kappa shape index (κ3) is 9.26. The van der Waals surface area contributed by atoms with Crippen LogP contribution in [0.1, 0.15) is 13.3 Å². The molecule has 0 heterocycles. The summed E-state index contributed by atoms with van der Waals surface area (Å²) in [4.78, 5) is 12.2. The molecule has 56 heavy (non-hydrogen) atoms. The zero-order chi connectivity index (χ0) is 41.8. The van der Waals surface area contributed by atoms with Gasteiger partial charge < -0.3 is 14.6 Å². The Morgan fingerprint density at radius 1 is 0.661 bits per heavy atom. The minimum absolute atomic E-state index is 0.0182. The Balaban J connectivity index is 1.61. The van der Waals surface area contributed by atoms with Crippen LogP contribution < -0.4 is 0 Å². The molecule has 0 aliphatic carbocycles. The normalized spacial score (nSPS) is 14.2. The van der Waals surface area contributed by atoms with Gasteiger partial charge in [-0.1, -0.05) is 61.2 Å². The Morgan fingerprint density at radius 3 is 1.46 bits per heavy atom. The number of sulfone groups is 1. The van der Waals surface area contributed by atoms with E-state index in [1.807, 2.05) is 0 Å². The molecule has 1 unspecified atom stereocenters. The van der Waals surface area contributed by atoms with Crippen molar-refractivity contribution < 1.29 is 75.0 Å². The highest BCUT2D eigenvalue weighted by atomic mass is 32.3. The van der Waals surface area contributed by atoms with Crippen molar-refractivity contribution in [3.8, 4) is 0 Å². The Morgan fingerprint density at radius 2 is 1.04 bits per heavy atom. The standard InChI is InChI=1S/C36H32F8O9S3/c1-25(32(45)52-26(2)22-33(46,35(39,40)41)36(42,43)44)23-51-24-34(37,38)56(49,50)53-54(27-12-6-3-7-13-27,28-14-8-4-9-15-28)29-18-20-31(21-19-29)55(47,48)30-16-10-5-11-17-30/h3-21,26,46H,1,22-24H2,2H3. The van der Waals surface area contributed by atoms with E-state index in [0.717, 1.165) is 0 Å². The summed E-state index contributed by atoms with van der Waals surface area (Å²) in [5, 5.41) is 4.45. The maximum Gasteiger partial charge on any atom is 0.426 e. The lowest BCUT2D eigenvalue weighted by molar-refractivity contribution is -0.373. The molecule has 0 radical (unpaired) electrons. The van der Waals surface area contributed by atoms with Crippen LogP contribution in [0.25, 0.3) is 0 Å². The lowest BCUT2D eigenvalue weighted by atomic mass is 9.95. The number of hydrogen-bond acceptors (Lipinski definition) is 9. The molecule has 0 aliphatic rings. The fraction of sp³-hybridized carbons (Fsp3) is 0.250. The molecule has 0 spiro atoms. The fourth-order valence-electron chi connectivity index (χ4n) is 5.02. The summed E-state index contributed by atoms with van der Waals surface area (Å²) in [6.45, 7) is 0.505. The molecule has 4 rings (SSSR count). The molecular weight excluding hydrogens is 825 g/mol. The van der Waals surface area contributed by atoms with E-state index >= 15 is 8.78 Å². The highest BCUT2D eigenvalue weighted by molar-refractivity contribution is 8.33.